The van der Waals surface area contributed by atoms with Gasteiger partial charge in [-0.15, -0.1) is 0 Å². The number of urea groups is 1. The Morgan fingerprint density at radius 1 is 0.485 bits per heavy atom. The minimum absolute atomic E-state index is 0.0278. The fourth-order valence-corrected chi connectivity index (χ4v) is 4.75. The van der Waals surface area contributed by atoms with Crippen LogP contribution in [0.1, 0.15) is 156 Å². The van der Waals surface area contributed by atoms with Gasteiger partial charge in [-0.25, -0.2) is 4.79 Å². The fraction of sp³-hybridized carbons (Fsp3) is 0.679. The van der Waals surface area contributed by atoms with E-state index in [1.54, 1.807) is 73.5 Å². The van der Waals surface area contributed by atoms with Gasteiger partial charge in [0, 0.05) is 76.9 Å². The molecule has 0 aromatic heterocycles. The van der Waals surface area contributed by atoms with E-state index in [1.807, 2.05) is 130 Å². The first-order valence-electron chi connectivity index (χ1n) is 22.7. The molecule has 66 heavy (non-hydrogen) atoms. The minimum atomic E-state index is -1.28. The van der Waals surface area contributed by atoms with Gasteiger partial charge in [-0.1, -0.05) is 54.1 Å². The second kappa shape index (κ2) is 26.2. The lowest BCUT2D eigenvalue weighted by atomic mass is 10.0. The van der Waals surface area contributed by atoms with Gasteiger partial charge in [0.05, 0.1) is 18.4 Å². The summed E-state index contributed by atoms with van der Waals surface area (Å²) in [4.78, 5) is 65.4. The number of hydrogen-bond acceptors (Lipinski definition) is 7. The molecule has 0 heterocycles. The van der Waals surface area contributed by atoms with Crippen molar-refractivity contribution in [3.63, 3.8) is 0 Å². The van der Waals surface area contributed by atoms with E-state index in [9.17, 15) is 34.2 Å². The van der Waals surface area contributed by atoms with Gasteiger partial charge in [0.1, 0.15) is 5.60 Å². The van der Waals surface area contributed by atoms with Gasteiger partial charge in [-0.2, -0.15) is 0 Å². The summed E-state index contributed by atoms with van der Waals surface area (Å²) in [6.07, 6.45) is 0.614. The number of rotatable bonds is 6. The monoisotopic (exact) mass is 929 g/mol. The second-order valence-electron chi connectivity index (χ2n) is 23.1. The van der Waals surface area contributed by atoms with Crippen molar-refractivity contribution in [2.45, 2.75) is 197 Å². The molecule has 2 aromatic carbocycles. The first-order valence-corrected chi connectivity index (χ1v) is 22.7. The molecular weight excluding hydrogens is 833 g/mol. The normalized spacial score (nSPS) is 11.8. The van der Waals surface area contributed by atoms with Crippen LogP contribution in [0.2, 0.25) is 0 Å². The van der Waals surface area contributed by atoms with E-state index in [-0.39, 0.29) is 63.8 Å². The van der Waals surface area contributed by atoms with Crippen LogP contribution in [0.3, 0.4) is 0 Å². The summed E-state index contributed by atoms with van der Waals surface area (Å²) in [5, 5.41) is 21.4. The van der Waals surface area contributed by atoms with Gasteiger partial charge in [-0.3, -0.25) is 19.2 Å². The zero-order chi connectivity index (χ0) is 53.4. The number of benzene rings is 2. The highest BCUT2D eigenvalue weighted by atomic mass is 16.3. The summed E-state index contributed by atoms with van der Waals surface area (Å²) >= 11 is 0. The van der Waals surface area contributed by atoms with E-state index in [4.69, 9.17) is 0 Å². The molecule has 0 atom stereocenters. The summed E-state index contributed by atoms with van der Waals surface area (Å²) in [6, 6.07) is 16.7. The van der Waals surface area contributed by atoms with E-state index in [1.165, 1.54) is 30.5 Å². The van der Waals surface area contributed by atoms with Crippen molar-refractivity contribution in [1.29, 1.82) is 0 Å². The van der Waals surface area contributed by atoms with Crippen molar-refractivity contribution in [3.05, 3.63) is 59.7 Å². The quantitative estimate of drug-likeness (QED) is 0.261. The standard InChI is InChI=1S/C20H25NO.C10H21NO2.C9H19NO2.C7H16N2O.C7H15NO/c1-15-6-10-17(11-7-15)18-12-8-16(9-13-18)14-19(22)21(5)20(2,3)4;1-9(2,3)11(6)8(12)7-10(4,5)13;1-8(2,3)10(6)7(11)9(4,5)12;1-7(2,3)9(5)6(10)8-4;1-6(9)8(5)7(2,3)4/h6-13H,14H2,1-5H3;13H,7H2,1-6H3;12H,1-6H3;1-5H3,(H,8,10);1-5H3. The predicted octanol–water partition coefficient (Wildman–Crippen LogP) is 9.20. The number of nitrogens with one attached hydrogen (secondary N) is 1. The van der Waals surface area contributed by atoms with Crippen LogP contribution in [0.4, 0.5) is 4.79 Å². The molecule has 0 saturated carbocycles. The highest BCUT2D eigenvalue weighted by Gasteiger charge is 2.33. The van der Waals surface area contributed by atoms with Gasteiger partial charge < -0.3 is 40.0 Å². The maximum absolute atomic E-state index is 12.3. The van der Waals surface area contributed by atoms with Gasteiger partial charge in [0.15, 0.2) is 0 Å². The third kappa shape index (κ3) is 27.2. The summed E-state index contributed by atoms with van der Waals surface area (Å²) < 4.78 is 0. The van der Waals surface area contributed by atoms with Gasteiger partial charge in [0.25, 0.3) is 5.91 Å². The molecule has 3 N–H and O–H groups in total. The van der Waals surface area contributed by atoms with Crippen molar-refractivity contribution in [2.24, 2.45) is 0 Å². The smallest absolute Gasteiger partial charge is 0.317 e. The van der Waals surface area contributed by atoms with Crippen molar-refractivity contribution in [1.82, 2.24) is 29.8 Å². The second-order valence-corrected chi connectivity index (χ2v) is 23.1. The van der Waals surface area contributed by atoms with Gasteiger partial charge >= 0.3 is 6.03 Å². The highest BCUT2D eigenvalue weighted by molar-refractivity contribution is 5.84. The number of carbonyl (C=O) groups excluding carboxylic acids is 5. The van der Waals surface area contributed by atoms with Gasteiger partial charge in [0.2, 0.25) is 17.7 Å². The van der Waals surface area contributed by atoms with Crippen molar-refractivity contribution in [2.75, 3.05) is 42.3 Å². The van der Waals surface area contributed by atoms with Crippen LogP contribution in [0.25, 0.3) is 11.1 Å². The molecule has 380 valence electrons. The van der Waals surface area contributed by atoms with Crippen molar-refractivity contribution < 1.29 is 34.2 Å². The Hall–Kier alpha value is -4.49. The molecule has 13 heteroatoms. The van der Waals surface area contributed by atoms with E-state index < -0.39 is 11.2 Å². The van der Waals surface area contributed by atoms with Crippen LogP contribution in [-0.2, 0) is 25.6 Å². The molecule has 0 aliphatic rings. The third-order valence-corrected chi connectivity index (χ3v) is 10.9. The third-order valence-electron chi connectivity index (χ3n) is 10.9. The molecule has 0 aliphatic heterocycles. The number of nitrogens with zero attached hydrogens (tertiary/aromatic N) is 5. The number of amides is 6. The Morgan fingerprint density at radius 3 is 1.03 bits per heavy atom. The lowest BCUT2D eigenvalue weighted by molar-refractivity contribution is -0.151. The average molecular weight is 929 g/mol. The molecule has 0 unspecified atom stereocenters. The molecule has 0 saturated heterocycles. The Labute approximate surface area is 402 Å². The summed E-state index contributed by atoms with van der Waals surface area (Å²) in [6.45, 7) is 39.8. The summed E-state index contributed by atoms with van der Waals surface area (Å²) in [5.41, 5.74) is 1.81. The topological polar surface area (TPSA) is 154 Å². The SMILES string of the molecule is CC(=O)N(C)C(C)(C)C.CN(C(=O)C(C)(C)O)C(C)(C)C.CN(C(=O)CC(C)(C)O)C(C)(C)C.CNC(=O)N(C)C(C)(C)C.Cc1ccc(-c2ccc(CC(=O)N(C)C(C)(C)C)cc2)cc1. The molecule has 2 aromatic rings. The van der Waals surface area contributed by atoms with Crippen LogP contribution in [-0.4, -0.2) is 146 Å². The Bertz CT molecular complexity index is 1790. The first-order chi connectivity index (χ1) is 29.1. The average Bonchev–Trinajstić information content (AvgIpc) is 3.14. The predicted molar refractivity (Wildman–Crippen MR) is 275 cm³/mol. The van der Waals surface area contributed by atoms with E-state index in [0.717, 1.165) is 5.56 Å². The summed E-state index contributed by atoms with van der Waals surface area (Å²) in [5.74, 6) is -0.0203. The molecular formula is C53H96N6O7. The molecule has 2 rings (SSSR count). The van der Waals surface area contributed by atoms with Gasteiger partial charge in [-0.05, 0) is 155 Å². The molecule has 0 aliphatic carbocycles. The van der Waals surface area contributed by atoms with Crippen LogP contribution in [0, 0.1) is 6.92 Å². The Kier molecular flexibility index (Phi) is 26.1. The van der Waals surface area contributed by atoms with Crippen LogP contribution >= 0.6 is 0 Å². The number of carbonyl (C=O) groups is 5. The number of aliphatic hydroxyl groups is 2. The van der Waals surface area contributed by atoms with Crippen LogP contribution in [0.15, 0.2) is 48.5 Å². The van der Waals surface area contributed by atoms with E-state index in [2.05, 4.69) is 48.6 Å². The minimum Gasteiger partial charge on any atom is -0.390 e. The molecule has 0 fully saturated rings. The largest absolute Gasteiger partial charge is 0.390 e. The molecule has 0 spiro atoms. The molecule has 13 nitrogen and oxygen atoms in total. The zero-order valence-corrected chi connectivity index (χ0v) is 46.7. The Balaban J connectivity index is -0.000000790. The highest BCUT2D eigenvalue weighted by Crippen LogP contribution is 2.22. The van der Waals surface area contributed by atoms with Crippen LogP contribution < -0.4 is 5.32 Å². The maximum atomic E-state index is 12.3. The number of aryl methyl sites for hydroxylation is 1. The zero-order valence-electron chi connectivity index (χ0n) is 46.7. The lowest BCUT2D eigenvalue weighted by Crippen LogP contribution is -2.51. The van der Waals surface area contributed by atoms with Crippen molar-refractivity contribution in [3.8, 4) is 11.1 Å². The number of likely N-dealkylation sites (N-methyl/N-ethyl adjacent to an activating group) is 2. The van der Waals surface area contributed by atoms with E-state index >= 15 is 0 Å². The lowest BCUT2D eigenvalue weighted by Gasteiger charge is -2.35. The van der Waals surface area contributed by atoms with E-state index in [0.29, 0.717) is 6.42 Å². The molecule has 0 radical (unpaired) electrons. The summed E-state index contributed by atoms with van der Waals surface area (Å²) in [7, 11) is 10.5. The van der Waals surface area contributed by atoms with Crippen LogP contribution in [0.5, 0.6) is 0 Å². The maximum Gasteiger partial charge on any atom is 0.317 e. The molecule has 6 amide bonds. The first kappa shape index (κ1) is 65.8. The van der Waals surface area contributed by atoms with Crippen molar-refractivity contribution >= 4 is 29.7 Å². The number of hydrogen-bond donors (Lipinski definition) is 3. The fourth-order valence-electron chi connectivity index (χ4n) is 4.75. The molecule has 0 bridgehead atoms. The Morgan fingerprint density at radius 2 is 0.803 bits per heavy atom.